The molecule has 0 aliphatic rings. The number of nitrogens with zero attached hydrogens (tertiary/aromatic N) is 2. The van der Waals surface area contributed by atoms with Gasteiger partial charge in [0.05, 0.1) is 11.9 Å². The maximum absolute atomic E-state index is 12.8. The van der Waals surface area contributed by atoms with Gasteiger partial charge < -0.3 is 10.6 Å². The zero-order valence-electron chi connectivity index (χ0n) is 15.8. The minimum absolute atomic E-state index is 0.00255. The summed E-state index contributed by atoms with van der Waals surface area (Å²) in [5, 5.41) is 1.07. The van der Waals surface area contributed by atoms with Crippen molar-refractivity contribution in [2.75, 3.05) is 7.05 Å². The molecule has 0 fully saturated rings. The zero-order valence-corrected chi connectivity index (χ0v) is 15.8. The molecular formula is C22H23N3O2. The van der Waals surface area contributed by atoms with Crippen LogP contribution in [0.1, 0.15) is 32.7 Å². The second-order valence-electron chi connectivity index (χ2n) is 6.81. The van der Waals surface area contributed by atoms with E-state index >= 15 is 0 Å². The fourth-order valence-corrected chi connectivity index (χ4v) is 3.30. The molecule has 27 heavy (non-hydrogen) atoms. The highest BCUT2D eigenvalue weighted by atomic mass is 16.2. The smallest absolute Gasteiger partial charge is 0.248 e. The van der Waals surface area contributed by atoms with Crippen molar-refractivity contribution in [1.29, 1.82) is 0 Å². The summed E-state index contributed by atoms with van der Waals surface area (Å²) < 4.78 is 0. The maximum Gasteiger partial charge on any atom is 0.248 e. The fraction of sp³-hybridized carbons (Fsp3) is 0.227. The molecule has 0 aliphatic carbocycles. The second kappa shape index (κ2) is 7.58. The number of pyridine rings is 1. The van der Waals surface area contributed by atoms with Crippen LogP contribution in [0.4, 0.5) is 0 Å². The number of amides is 2. The monoisotopic (exact) mass is 361 g/mol. The summed E-state index contributed by atoms with van der Waals surface area (Å²) in [6.45, 7) is 4.40. The third kappa shape index (κ3) is 3.97. The van der Waals surface area contributed by atoms with Crippen LogP contribution in [0.25, 0.3) is 10.9 Å². The highest BCUT2D eigenvalue weighted by Gasteiger charge is 2.16. The summed E-state index contributed by atoms with van der Waals surface area (Å²) in [5.74, 6) is -0.470. The SMILES string of the molecule is Cc1nc2ccccc2c(C)c1CC(=O)N(C)Cc1cccc(C(N)=O)c1. The van der Waals surface area contributed by atoms with Crippen LogP contribution in [0.5, 0.6) is 0 Å². The quantitative estimate of drug-likeness (QED) is 0.758. The van der Waals surface area contributed by atoms with Crippen molar-refractivity contribution in [2.45, 2.75) is 26.8 Å². The van der Waals surface area contributed by atoms with Crippen LogP contribution >= 0.6 is 0 Å². The second-order valence-corrected chi connectivity index (χ2v) is 6.81. The number of primary amides is 1. The predicted octanol–water partition coefficient (Wildman–Crippen LogP) is 3.15. The molecule has 3 rings (SSSR count). The molecule has 0 saturated heterocycles. The van der Waals surface area contributed by atoms with Gasteiger partial charge in [-0.15, -0.1) is 0 Å². The molecule has 0 bridgehead atoms. The molecule has 0 spiro atoms. The zero-order chi connectivity index (χ0) is 19.6. The number of aryl methyl sites for hydroxylation is 2. The normalized spacial score (nSPS) is 10.8. The van der Waals surface area contributed by atoms with Crippen molar-refractivity contribution in [3.05, 3.63) is 76.5 Å². The molecule has 3 aromatic rings. The van der Waals surface area contributed by atoms with Gasteiger partial charge in [-0.05, 0) is 48.7 Å². The molecule has 0 unspecified atom stereocenters. The fourth-order valence-electron chi connectivity index (χ4n) is 3.30. The van der Waals surface area contributed by atoms with E-state index in [9.17, 15) is 9.59 Å². The molecule has 1 heterocycles. The summed E-state index contributed by atoms with van der Waals surface area (Å²) in [5.41, 5.74) is 10.5. The van der Waals surface area contributed by atoms with Crippen LogP contribution in [-0.2, 0) is 17.8 Å². The summed E-state index contributed by atoms with van der Waals surface area (Å²) >= 11 is 0. The first kappa shape index (κ1) is 18.6. The van der Waals surface area contributed by atoms with Gasteiger partial charge in [0.15, 0.2) is 0 Å². The molecule has 0 saturated carbocycles. The van der Waals surface area contributed by atoms with Crippen molar-refractivity contribution < 1.29 is 9.59 Å². The highest BCUT2D eigenvalue weighted by Crippen LogP contribution is 2.23. The Bertz CT molecular complexity index is 1030. The first-order valence-corrected chi connectivity index (χ1v) is 8.84. The average molecular weight is 361 g/mol. The minimum Gasteiger partial charge on any atom is -0.366 e. The van der Waals surface area contributed by atoms with Crippen molar-refractivity contribution >= 4 is 22.7 Å². The molecule has 0 radical (unpaired) electrons. The Kier molecular flexibility index (Phi) is 5.21. The van der Waals surface area contributed by atoms with Crippen molar-refractivity contribution in [3.63, 3.8) is 0 Å². The molecule has 1 aromatic heterocycles. The van der Waals surface area contributed by atoms with Crippen LogP contribution in [0.2, 0.25) is 0 Å². The van der Waals surface area contributed by atoms with Crippen molar-refractivity contribution in [1.82, 2.24) is 9.88 Å². The van der Waals surface area contributed by atoms with Crippen LogP contribution < -0.4 is 5.73 Å². The third-order valence-electron chi connectivity index (χ3n) is 4.87. The Morgan fingerprint density at radius 3 is 2.56 bits per heavy atom. The first-order valence-electron chi connectivity index (χ1n) is 8.84. The lowest BCUT2D eigenvalue weighted by atomic mass is 9.99. The number of aromatic nitrogens is 1. The third-order valence-corrected chi connectivity index (χ3v) is 4.87. The Hall–Kier alpha value is -3.21. The lowest BCUT2D eigenvalue weighted by Gasteiger charge is -2.19. The summed E-state index contributed by atoms with van der Waals surface area (Å²) in [4.78, 5) is 30.4. The van der Waals surface area contributed by atoms with Gasteiger partial charge in [0.1, 0.15) is 0 Å². The Balaban J connectivity index is 1.80. The van der Waals surface area contributed by atoms with Gasteiger partial charge >= 0.3 is 0 Å². The van der Waals surface area contributed by atoms with Crippen LogP contribution in [0.15, 0.2) is 48.5 Å². The van der Waals surface area contributed by atoms with Gasteiger partial charge in [0.25, 0.3) is 0 Å². The Morgan fingerprint density at radius 1 is 1.07 bits per heavy atom. The van der Waals surface area contributed by atoms with Gasteiger partial charge in [-0.25, -0.2) is 0 Å². The lowest BCUT2D eigenvalue weighted by Crippen LogP contribution is -2.28. The summed E-state index contributed by atoms with van der Waals surface area (Å²) in [7, 11) is 1.76. The van der Waals surface area contributed by atoms with Crippen LogP contribution in [0, 0.1) is 13.8 Å². The first-order chi connectivity index (χ1) is 12.9. The molecule has 5 nitrogen and oxygen atoms in total. The molecule has 2 amide bonds. The van der Waals surface area contributed by atoms with Gasteiger partial charge in [0, 0.05) is 30.2 Å². The minimum atomic E-state index is -0.473. The molecule has 2 N–H and O–H groups in total. The number of carbonyl (C=O) groups is 2. The topological polar surface area (TPSA) is 76.3 Å². The number of hydrogen-bond donors (Lipinski definition) is 1. The number of hydrogen-bond acceptors (Lipinski definition) is 3. The number of nitrogens with two attached hydrogens (primary N) is 1. The molecule has 2 aromatic carbocycles. The van der Waals surface area contributed by atoms with E-state index in [0.29, 0.717) is 18.5 Å². The maximum atomic E-state index is 12.8. The summed E-state index contributed by atoms with van der Waals surface area (Å²) in [6.07, 6.45) is 0.293. The van der Waals surface area contributed by atoms with Crippen molar-refractivity contribution in [2.24, 2.45) is 5.73 Å². The Labute approximate surface area is 158 Å². The molecule has 0 aliphatic heterocycles. The van der Waals surface area contributed by atoms with E-state index in [-0.39, 0.29) is 5.91 Å². The van der Waals surface area contributed by atoms with E-state index in [2.05, 4.69) is 4.98 Å². The van der Waals surface area contributed by atoms with Crippen LogP contribution in [0.3, 0.4) is 0 Å². The van der Waals surface area contributed by atoms with E-state index in [1.54, 1.807) is 30.1 Å². The van der Waals surface area contributed by atoms with E-state index in [1.165, 1.54) is 0 Å². The lowest BCUT2D eigenvalue weighted by molar-refractivity contribution is -0.129. The largest absolute Gasteiger partial charge is 0.366 e. The van der Waals surface area contributed by atoms with Crippen LogP contribution in [-0.4, -0.2) is 28.7 Å². The standard InChI is InChI=1S/C22H23N3O2/c1-14-18-9-4-5-10-20(18)24-15(2)19(14)12-21(26)25(3)13-16-7-6-8-17(11-16)22(23)27/h4-11H,12-13H2,1-3H3,(H2,23,27). The number of rotatable bonds is 5. The van der Waals surface area contributed by atoms with E-state index in [1.807, 2.05) is 44.2 Å². The molecular weight excluding hydrogens is 338 g/mol. The summed E-state index contributed by atoms with van der Waals surface area (Å²) in [6, 6.07) is 15.0. The molecule has 138 valence electrons. The number of carbonyl (C=O) groups excluding carboxylic acids is 2. The number of para-hydroxylation sites is 1. The van der Waals surface area contributed by atoms with Crippen molar-refractivity contribution in [3.8, 4) is 0 Å². The van der Waals surface area contributed by atoms with E-state index < -0.39 is 5.91 Å². The van der Waals surface area contributed by atoms with Gasteiger partial charge in [-0.2, -0.15) is 0 Å². The number of likely N-dealkylation sites (N-methyl/N-ethyl adjacent to an activating group) is 1. The van der Waals surface area contributed by atoms with Gasteiger partial charge in [-0.3, -0.25) is 14.6 Å². The molecule has 0 atom stereocenters. The van der Waals surface area contributed by atoms with Gasteiger partial charge in [0.2, 0.25) is 11.8 Å². The van der Waals surface area contributed by atoms with Gasteiger partial charge in [-0.1, -0.05) is 30.3 Å². The van der Waals surface area contributed by atoms with E-state index in [4.69, 9.17) is 5.73 Å². The highest BCUT2D eigenvalue weighted by molar-refractivity contribution is 5.93. The number of fused-ring (bicyclic) bond motifs is 1. The number of benzene rings is 2. The van der Waals surface area contributed by atoms with E-state index in [0.717, 1.165) is 33.3 Å². The Morgan fingerprint density at radius 2 is 1.81 bits per heavy atom. The average Bonchev–Trinajstić information content (AvgIpc) is 2.65. The predicted molar refractivity (Wildman–Crippen MR) is 106 cm³/mol. The molecule has 5 heteroatoms.